The van der Waals surface area contributed by atoms with Crippen LogP contribution in [0.25, 0.3) is 0 Å². The van der Waals surface area contributed by atoms with Crippen LogP contribution in [0.15, 0.2) is 91.0 Å². The van der Waals surface area contributed by atoms with E-state index in [1.165, 1.54) is 16.7 Å². The molecule has 0 saturated heterocycles. The maximum atomic E-state index is 3.78. The van der Waals surface area contributed by atoms with Gasteiger partial charge in [-0.25, -0.2) is 0 Å². The largest absolute Gasteiger partial charge is 0.0622 e. The lowest BCUT2D eigenvalue weighted by Gasteiger charge is -2.36. The first kappa shape index (κ1) is 16.9. The summed E-state index contributed by atoms with van der Waals surface area (Å²) in [6.45, 7) is 0. The lowest BCUT2D eigenvalue weighted by atomic mass is 9.71. The number of rotatable bonds is 5. The van der Waals surface area contributed by atoms with E-state index in [0.717, 1.165) is 6.16 Å². The van der Waals surface area contributed by atoms with Crippen LogP contribution in [0.5, 0.6) is 0 Å². The minimum atomic E-state index is -0.434. The molecule has 0 N–H and O–H groups in total. The zero-order valence-corrected chi connectivity index (χ0v) is 16.6. The zero-order chi connectivity index (χ0) is 16.1. The average molecular weight is 448 g/mol. The lowest BCUT2D eigenvalue weighted by molar-refractivity contribution is 0.704. The van der Waals surface area contributed by atoms with E-state index in [-0.39, 0.29) is 5.41 Å². The van der Waals surface area contributed by atoms with Crippen molar-refractivity contribution in [1.29, 1.82) is 0 Å². The normalized spacial score (nSPS) is 11.6. The van der Waals surface area contributed by atoms with Gasteiger partial charge >= 0.3 is 0 Å². The predicted molar refractivity (Wildman–Crippen MR) is 109 cm³/mol. The summed E-state index contributed by atoms with van der Waals surface area (Å²) in [7, 11) is 0. The number of benzene rings is 3. The topological polar surface area (TPSA) is 0 Å². The summed E-state index contributed by atoms with van der Waals surface area (Å²) in [4.78, 5) is 0. The van der Waals surface area contributed by atoms with Gasteiger partial charge in [-0.2, -0.15) is 0 Å². The molecule has 0 atom stereocenters. The van der Waals surface area contributed by atoms with Gasteiger partial charge in [0.1, 0.15) is 0 Å². The van der Waals surface area contributed by atoms with Crippen LogP contribution in [0.1, 0.15) is 16.7 Å². The second-order valence-electron chi connectivity index (χ2n) is 5.46. The van der Waals surface area contributed by atoms with Crippen molar-refractivity contribution >= 4 is 36.3 Å². The molecule has 3 aromatic rings. The van der Waals surface area contributed by atoms with Crippen molar-refractivity contribution in [2.24, 2.45) is 0 Å². The summed E-state index contributed by atoms with van der Waals surface area (Å²) in [5.74, 6) is 0. The lowest BCUT2D eigenvalue weighted by Crippen LogP contribution is -2.32. The van der Waals surface area contributed by atoms with E-state index in [1.807, 2.05) is 0 Å². The van der Waals surface area contributed by atoms with E-state index in [2.05, 4.69) is 122 Å². The Kier molecular flexibility index (Phi) is 5.69. The summed E-state index contributed by atoms with van der Waals surface area (Å²) in [5.41, 5.74) is 3.80. The smallest absolute Gasteiger partial charge is 0.0505 e. The van der Waals surface area contributed by atoms with Crippen molar-refractivity contribution in [2.75, 3.05) is 6.16 Å². The number of hydrogen-bond donors (Lipinski definition) is 0. The van der Waals surface area contributed by atoms with Gasteiger partial charge in [-0.15, -0.1) is 0 Å². The van der Waals surface area contributed by atoms with Crippen LogP contribution in [-0.2, 0) is 5.41 Å². The van der Waals surface area contributed by atoms with Gasteiger partial charge in [0.15, 0.2) is 0 Å². The second-order valence-corrected chi connectivity index (χ2v) is 14.4. The summed E-state index contributed by atoms with van der Waals surface area (Å²) in [5, 5.41) is -0.434. The molecule has 23 heavy (non-hydrogen) atoms. The molecule has 0 aromatic heterocycles. The van der Waals surface area contributed by atoms with E-state index < -0.39 is 5.33 Å². The number of hydrogen-bond acceptors (Lipinski definition) is 0. The van der Waals surface area contributed by atoms with Gasteiger partial charge in [0.25, 0.3) is 0 Å². The minimum absolute atomic E-state index is 0.164. The van der Waals surface area contributed by atoms with Crippen molar-refractivity contribution in [3.05, 3.63) is 108 Å². The molecule has 3 aromatic carbocycles. The highest BCUT2D eigenvalue weighted by Crippen LogP contribution is 2.59. The van der Waals surface area contributed by atoms with Crippen molar-refractivity contribution < 1.29 is 0 Å². The quantitative estimate of drug-likeness (QED) is 0.288. The summed E-state index contributed by atoms with van der Waals surface area (Å²) < 4.78 is 0. The van der Waals surface area contributed by atoms with E-state index in [9.17, 15) is 0 Å². The third-order valence-electron chi connectivity index (χ3n) is 4.16. The standard InChI is InChI=1S/C20H17Br2P/c21-23(22)16-20(17-10-4-1-5-11-17,18-12-6-2-7-13-18)19-14-8-3-9-15-19/h1-15H,16H2. The van der Waals surface area contributed by atoms with Gasteiger partial charge in [0.2, 0.25) is 0 Å². The highest BCUT2D eigenvalue weighted by Gasteiger charge is 2.37. The molecule has 0 aliphatic rings. The fourth-order valence-electron chi connectivity index (χ4n) is 3.12. The molecule has 0 bridgehead atoms. The Bertz CT molecular complexity index is 631. The van der Waals surface area contributed by atoms with Gasteiger partial charge < -0.3 is 0 Å². The molecule has 0 amide bonds. The Hall–Kier alpha value is -0.950. The van der Waals surface area contributed by atoms with Gasteiger partial charge in [-0.1, -0.05) is 91.0 Å². The van der Waals surface area contributed by atoms with Crippen LogP contribution in [0.4, 0.5) is 0 Å². The SMILES string of the molecule is BrP(Br)CC(c1ccccc1)(c1ccccc1)c1ccccc1. The summed E-state index contributed by atoms with van der Waals surface area (Å²) >= 11 is 7.57. The van der Waals surface area contributed by atoms with Crippen LogP contribution >= 0.6 is 36.3 Å². The highest BCUT2D eigenvalue weighted by molar-refractivity contribution is 9.69. The third kappa shape index (κ3) is 3.60. The average Bonchev–Trinajstić information content (AvgIpc) is 2.62. The van der Waals surface area contributed by atoms with Crippen molar-refractivity contribution in [2.45, 2.75) is 5.41 Å². The molecule has 0 aliphatic carbocycles. The zero-order valence-electron chi connectivity index (χ0n) is 12.6. The van der Waals surface area contributed by atoms with Crippen LogP contribution in [0.2, 0.25) is 0 Å². The van der Waals surface area contributed by atoms with E-state index in [0.29, 0.717) is 0 Å². The Morgan fingerprint density at radius 2 is 0.870 bits per heavy atom. The molecule has 3 rings (SSSR count). The molecule has 0 saturated carbocycles. The first-order valence-electron chi connectivity index (χ1n) is 7.49. The molecule has 0 radical (unpaired) electrons. The van der Waals surface area contributed by atoms with Crippen LogP contribution in [0, 0.1) is 0 Å². The molecule has 0 unspecified atom stereocenters. The highest BCUT2D eigenvalue weighted by atomic mass is 79.9. The first-order chi connectivity index (χ1) is 11.2. The Labute approximate surface area is 155 Å². The van der Waals surface area contributed by atoms with Gasteiger partial charge in [-0.3, -0.25) is 0 Å². The maximum Gasteiger partial charge on any atom is 0.0505 e. The van der Waals surface area contributed by atoms with E-state index in [4.69, 9.17) is 0 Å². The van der Waals surface area contributed by atoms with Crippen LogP contribution in [-0.4, -0.2) is 6.16 Å². The van der Waals surface area contributed by atoms with Crippen molar-refractivity contribution in [1.82, 2.24) is 0 Å². The Morgan fingerprint density at radius 1 is 0.565 bits per heavy atom. The molecular formula is C20H17Br2P. The summed E-state index contributed by atoms with van der Waals surface area (Å²) in [6.07, 6.45) is 0.986. The van der Waals surface area contributed by atoms with E-state index in [1.54, 1.807) is 0 Å². The fourth-order valence-corrected chi connectivity index (χ4v) is 6.28. The van der Waals surface area contributed by atoms with Crippen molar-refractivity contribution in [3.63, 3.8) is 0 Å². The number of halogens is 2. The minimum Gasteiger partial charge on any atom is -0.0622 e. The van der Waals surface area contributed by atoms with Crippen LogP contribution in [0.3, 0.4) is 0 Å². The van der Waals surface area contributed by atoms with Crippen molar-refractivity contribution in [3.8, 4) is 0 Å². The summed E-state index contributed by atoms with van der Waals surface area (Å²) in [6, 6.07) is 32.4. The predicted octanol–water partition coefficient (Wildman–Crippen LogP) is 7.12. The third-order valence-corrected chi connectivity index (χ3v) is 6.37. The molecule has 3 heteroatoms. The van der Waals surface area contributed by atoms with Crippen LogP contribution < -0.4 is 0 Å². The van der Waals surface area contributed by atoms with Gasteiger partial charge in [0.05, 0.1) is 5.41 Å². The van der Waals surface area contributed by atoms with E-state index >= 15 is 0 Å². The molecular weight excluding hydrogens is 431 g/mol. The second kappa shape index (κ2) is 7.75. The first-order valence-corrected chi connectivity index (χ1v) is 13.1. The van der Waals surface area contributed by atoms with Gasteiger partial charge in [0, 0.05) is 11.5 Å². The molecule has 0 heterocycles. The molecule has 0 spiro atoms. The molecule has 0 fully saturated rings. The Balaban J connectivity index is 2.30. The monoisotopic (exact) mass is 446 g/mol. The molecule has 0 aliphatic heterocycles. The van der Waals surface area contributed by atoms with Gasteiger partial charge in [-0.05, 0) is 47.7 Å². The Morgan fingerprint density at radius 3 is 1.13 bits per heavy atom. The fraction of sp³-hybridized carbons (Fsp3) is 0.100. The maximum absolute atomic E-state index is 3.78. The molecule has 116 valence electrons. The molecule has 0 nitrogen and oxygen atoms in total.